The molecule has 8 rings (SSSR count). The van der Waals surface area contributed by atoms with Crippen LogP contribution in [0.3, 0.4) is 0 Å². The zero-order chi connectivity index (χ0) is 67.0. The Morgan fingerprint density at radius 1 is 0.733 bits per heavy atom. The number of fused-ring (bicyclic) bond motifs is 1. The molecule has 22 heteroatoms. The lowest BCUT2D eigenvalue weighted by Gasteiger charge is -2.20. The van der Waals surface area contributed by atoms with Gasteiger partial charge in [-0.25, -0.2) is 15.0 Å². The Morgan fingerprint density at radius 2 is 1.24 bits per heavy atom. The van der Waals surface area contributed by atoms with E-state index in [9.17, 15) is 33.0 Å². The van der Waals surface area contributed by atoms with Crippen LogP contribution in [0.2, 0.25) is 15.1 Å². The monoisotopic (exact) mass is 1310 g/mol. The molecule has 8 aromatic rings. The predicted octanol–water partition coefficient (Wildman–Crippen LogP) is 14.0. The Morgan fingerprint density at radius 3 is 1.68 bits per heavy atom. The molecule has 90 heavy (non-hydrogen) atoms. The summed E-state index contributed by atoms with van der Waals surface area (Å²) in [5, 5.41) is 20.5. The Bertz CT molecular complexity index is 3850. The largest absolute Gasteiger partial charge is 0.489 e. The van der Waals surface area contributed by atoms with E-state index >= 15 is 0 Å². The van der Waals surface area contributed by atoms with Crippen molar-refractivity contribution in [2.45, 2.75) is 149 Å². The van der Waals surface area contributed by atoms with E-state index in [2.05, 4.69) is 90.9 Å². The average molecular weight is 1320 g/mol. The van der Waals surface area contributed by atoms with Crippen LogP contribution in [0.5, 0.6) is 11.5 Å². The van der Waals surface area contributed by atoms with E-state index < -0.39 is 10.1 Å². The maximum Gasteiger partial charge on any atom is 0.294 e. The fourth-order valence-corrected chi connectivity index (χ4v) is 11.2. The third-order valence-corrected chi connectivity index (χ3v) is 15.9. The normalized spacial score (nSPS) is 12.3. The zero-order valence-corrected chi connectivity index (χ0v) is 56.9. The first-order valence-corrected chi connectivity index (χ1v) is 32.2. The molecule has 0 aliphatic heterocycles. The number of Topliss-reactive ketones (excluding diaryl/α,β-unsaturated/α-hetero) is 1. The summed E-state index contributed by atoms with van der Waals surface area (Å²) in [6.07, 6.45) is 7.77. The summed E-state index contributed by atoms with van der Waals surface area (Å²) in [6, 6.07) is 26.8. The molecular weight excluding hydrogens is 1230 g/mol. The van der Waals surface area contributed by atoms with Gasteiger partial charge in [-0.05, 0) is 109 Å². The first-order valence-electron chi connectivity index (χ1n) is 29.6. The third-order valence-electron chi connectivity index (χ3n) is 14.1. The van der Waals surface area contributed by atoms with E-state index in [0.717, 1.165) is 50.9 Å². The molecule has 0 aliphatic carbocycles. The molecule has 3 aromatic heterocycles. The van der Waals surface area contributed by atoms with Gasteiger partial charge in [-0.1, -0.05) is 143 Å². The highest BCUT2D eigenvalue weighted by Crippen LogP contribution is 2.39. The van der Waals surface area contributed by atoms with Crippen molar-refractivity contribution in [3.05, 3.63) is 169 Å². The molecule has 0 amide bonds. The van der Waals surface area contributed by atoms with Crippen molar-refractivity contribution in [1.29, 1.82) is 0 Å². The number of aromatic nitrogens is 6. The van der Waals surface area contributed by atoms with Crippen LogP contribution in [0.15, 0.2) is 119 Å². The smallest absolute Gasteiger partial charge is 0.294 e. The number of halogens is 3. The lowest BCUT2D eigenvalue weighted by molar-refractivity contribution is -0.128. The molecule has 2 atom stereocenters. The molecule has 0 saturated carbocycles. The number of rotatable bonds is 21. The van der Waals surface area contributed by atoms with Gasteiger partial charge in [-0.3, -0.25) is 23.5 Å². The van der Waals surface area contributed by atoms with Crippen LogP contribution < -0.4 is 20.8 Å². The minimum Gasteiger partial charge on any atom is -0.489 e. The summed E-state index contributed by atoms with van der Waals surface area (Å²) >= 11 is 19.3. The fraction of sp³-hybridized carbons (Fsp3) is 0.412. The lowest BCUT2D eigenvalue weighted by atomic mass is 9.89. The van der Waals surface area contributed by atoms with Crippen molar-refractivity contribution < 1.29 is 47.0 Å². The van der Waals surface area contributed by atoms with E-state index in [0.29, 0.717) is 77.4 Å². The summed E-state index contributed by atoms with van der Waals surface area (Å²) in [6.45, 7) is 24.9. The second-order valence-electron chi connectivity index (χ2n) is 24.5. The number of benzene rings is 5. The quantitative estimate of drug-likeness (QED) is 0.0226. The van der Waals surface area contributed by atoms with E-state index in [1.165, 1.54) is 18.5 Å². The highest BCUT2D eigenvalue weighted by atomic mass is 35.5. The molecule has 0 radical (unpaired) electrons. The van der Waals surface area contributed by atoms with Gasteiger partial charge in [-0.15, -0.1) is 0 Å². The van der Waals surface area contributed by atoms with Crippen LogP contribution in [0, 0.1) is 12.8 Å². The molecule has 0 saturated heterocycles. The molecule has 486 valence electrons. The van der Waals surface area contributed by atoms with Crippen molar-refractivity contribution in [2.75, 3.05) is 25.6 Å². The van der Waals surface area contributed by atoms with Crippen molar-refractivity contribution in [2.24, 2.45) is 20.0 Å². The molecule has 0 unspecified atom stereocenters. The maximum atomic E-state index is 13.5. The van der Waals surface area contributed by atoms with Crippen LogP contribution in [0.1, 0.15) is 140 Å². The number of anilines is 1. The lowest BCUT2D eigenvalue weighted by Crippen LogP contribution is -2.27. The topological polar surface area (TPSA) is 253 Å². The Kier molecular flexibility index (Phi) is 26.8. The van der Waals surface area contributed by atoms with Crippen LogP contribution in [0.25, 0.3) is 33.4 Å². The minimum absolute atomic E-state index is 0.0109. The summed E-state index contributed by atoms with van der Waals surface area (Å²) < 4.78 is 50.8. The number of nitrogens with zero attached hydrogens (tertiary/aromatic N) is 6. The number of aliphatic hydroxyl groups excluding tert-OH is 2. The number of ketones is 1. The van der Waals surface area contributed by atoms with Gasteiger partial charge in [0, 0.05) is 91.4 Å². The number of nitrogens with two attached hydrogens (primary N) is 1. The Balaban J connectivity index is 0.000000263. The minimum atomic E-state index is -4.02. The number of imidazole rings is 2. The molecule has 0 aliphatic rings. The first kappa shape index (κ1) is 73.6. The molecule has 0 fully saturated rings. The van der Waals surface area contributed by atoms with Gasteiger partial charge < -0.3 is 39.3 Å². The molecule has 5 N–H and O–H groups in total. The molecule has 18 nitrogen and oxygen atoms in total. The van der Waals surface area contributed by atoms with Crippen LogP contribution in [-0.2, 0) is 57.4 Å². The van der Waals surface area contributed by atoms with Gasteiger partial charge in [0.1, 0.15) is 27.9 Å². The second-order valence-corrected chi connectivity index (χ2v) is 27.1. The molecular formula is C68H86Cl3N7O11S. The van der Waals surface area contributed by atoms with Gasteiger partial charge in [0.15, 0.2) is 11.5 Å². The van der Waals surface area contributed by atoms with Crippen molar-refractivity contribution >= 4 is 73.8 Å². The standard InChI is InChI=1S/C29H34Cl2N4O3.C29H38ClN3O3.C7H8O3S.C3H6O2/c1-17(2)38-26-22(30)14-21-25(24(26)31)32-16-35(27(21)37)20(11-12-36)13-18-7-9-19(10-8-18)23-15-34(6)28(33-23)29(3,4)5;1-18(2)36-27-16-24(31)22(15-23(27)30)26(35)14-20(11-12-34)13-19-7-9-21(10-8-19)25-17-33(6)28(32-25)29(3,4)5;1-6-2-4-7(5-3-6)11(8,9)10;1-2-5-3-4/h7-10,14-17,20,36H,11-13H2,1-6H3;7-10,15-18,20,34H,11-14,31H2,1-6H3;2-5H,1H3,(H,8,9,10);3H,2H2,1H3/t2*20-;;/m11../s1. The van der Waals surface area contributed by atoms with Gasteiger partial charge in [-0.2, -0.15) is 8.42 Å². The van der Waals surface area contributed by atoms with Crippen molar-refractivity contribution in [1.82, 2.24) is 28.7 Å². The summed E-state index contributed by atoms with van der Waals surface area (Å²) in [4.78, 5) is 49.9. The number of carbonyl (C=O) groups is 2. The average Bonchev–Trinajstić information content (AvgIpc) is 1.16. The zero-order valence-electron chi connectivity index (χ0n) is 53.8. The van der Waals surface area contributed by atoms with Gasteiger partial charge in [0.05, 0.1) is 56.9 Å². The van der Waals surface area contributed by atoms with E-state index in [4.69, 9.17) is 64.5 Å². The van der Waals surface area contributed by atoms with E-state index in [1.807, 2.05) is 79.2 Å². The van der Waals surface area contributed by atoms with Crippen LogP contribution >= 0.6 is 34.8 Å². The van der Waals surface area contributed by atoms with Gasteiger partial charge in [0.2, 0.25) is 0 Å². The van der Waals surface area contributed by atoms with Crippen molar-refractivity contribution in [3.8, 4) is 34.0 Å². The summed E-state index contributed by atoms with van der Waals surface area (Å²) in [5.74, 6) is 2.71. The number of hydrogen-bond acceptors (Lipinski definition) is 14. The van der Waals surface area contributed by atoms with Gasteiger partial charge in [0.25, 0.3) is 22.1 Å². The number of aryl methyl sites for hydroxylation is 3. The number of nitrogen functional groups attached to an aromatic ring is 1. The molecule has 0 bridgehead atoms. The number of aliphatic hydroxyl groups is 2. The molecule has 5 aromatic carbocycles. The van der Waals surface area contributed by atoms with Crippen LogP contribution in [0.4, 0.5) is 5.69 Å². The second kappa shape index (κ2) is 32.8. The van der Waals surface area contributed by atoms with Gasteiger partial charge >= 0.3 is 0 Å². The van der Waals surface area contributed by atoms with Crippen LogP contribution in [-0.4, -0.2) is 96.1 Å². The van der Waals surface area contributed by atoms with Crippen molar-refractivity contribution in [3.63, 3.8) is 0 Å². The Labute approximate surface area is 544 Å². The highest BCUT2D eigenvalue weighted by molar-refractivity contribution is 7.85. The SMILES string of the molecule is CC(C)Oc1c(Cl)cc2c(=O)n([C@H](CCO)Cc3ccc(-c4cn(C)c(C(C)(C)C)n4)cc3)cnc2c1Cl.CC(C)Oc1cc(N)c(C(=O)C[C@H](CCO)Cc2ccc(-c3cn(C)c(C(C)(C)C)n3)cc2)cc1Cl.CCOC=O.Cc1ccc(S(=O)(=O)O)cc1. The first-order chi connectivity index (χ1) is 42.2. The number of carbonyl (C=O) groups excluding carboxylic acids is 2. The summed E-state index contributed by atoms with van der Waals surface area (Å²) in [5.41, 5.74) is 13.9. The van der Waals surface area contributed by atoms with E-state index in [-0.39, 0.29) is 80.9 Å². The van der Waals surface area contributed by atoms with E-state index in [1.54, 1.807) is 41.8 Å². The molecule has 3 heterocycles. The number of hydrogen-bond donors (Lipinski definition) is 4. The summed E-state index contributed by atoms with van der Waals surface area (Å²) in [7, 11) is 0.0137. The Hall–Kier alpha value is -7.10. The number of ether oxygens (including phenoxy) is 3. The highest BCUT2D eigenvalue weighted by Gasteiger charge is 2.25. The predicted molar refractivity (Wildman–Crippen MR) is 359 cm³/mol. The fourth-order valence-electron chi connectivity index (χ4n) is 9.88. The molecule has 0 spiro atoms. The maximum absolute atomic E-state index is 13.5. The third kappa shape index (κ3) is 20.7.